The molecular weight excluding hydrogens is 474 g/mol. The Morgan fingerprint density at radius 3 is 2.28 bits per heavy atom. The third-order valence-corrected chi connectivity index (χ3v) is 9.02. The van der Waals surface area contributed by atoms with Gasteiger partial charge in [-0.25, -0.2) is 4.39 Å². The third-order valence-electron chi connectivity index (χ3n) is 9.02. The molecule has 1 aromatic rings. The number of ether oxygens (including phenoxy) is 1. The molecule has 4 nitrogen and oxygen atoms in total. The van der Waals surface area contributed by atoms with Gasteiger partial charge in [0.25, 0.3) is 5.91 Å². The summed E-state index contributed by atoms with van der Waals surface area (Å²) in [5, 5.41) is 10.1. The monoisotopic (exact) mass is 511 g/mol. The number of rotatable bonds is 5. The molecule has 1 saturated heterocycles. The molecule has 3 aliphatic carbocycles. The van der Waals surface area contributed by atoms with Gasteiger partial charge in [0, 0.05) is 23.9 Å². The highest BCUT2D eigenvalue weighted by Crippen LogP contribution is 2.53. The lowest BCUT2D eigenvalue weighted by atomic mass is 9.57. The van der Waals surface area contributed by atoms with Crippen molar-refractivity contribution in [2.45, 2.75) is 95.9 Å². The zero-order chi connectivity index (χ0) is 26.0. The largest absolute Gasteiger partial charge is 0.493 e. The summed E-state index contributed by atoms with van der Waals surface area (Å²) in [5.41, 5.74) is -2.39. The molecule has 0 radical (unpaired) electrons. The molecule has 0 spiro atoms. The number of hydrogen-bond donors (Lipinski definition) is 1. The Morgan fingerprint density at radius 2 is 1.72 bits per heavy atom. The van der Waals surface area contributed by atoms with Crippen molar-refractivity contribution in [1.82, 2.24) is 4.90 Å². The third kappa shape index (κ3) is 4.74. The molecule has 2 bridgehead atoms. The minimum atomic E-state index is -4.86. The molecule has 1 aromatic carbocycles. The maximum absolute atomic E-state index is 15.3. The summed E-state index contributed by atoms with van der Waals surface area (Å²) in [7, 11) is 0. The molecule has 1 heterocycles. The van der Waals surface area contributed by atoms with E-state index in [1.807, 2.05) is 0 Å². The Labute approximate surface area is 210 Å². The molecule has 1 aliphatic heterocycles. The van der Waals surface area contributed by atoms with Crippen LogP contribution in [0.25, 0.3) is 0 Å². The first-order chi connectivity index (χ1) is 16.8. The van der Waals surface area contributed by atoms with Crippen LogP contribution in [0.2, 0.25) is 0 Å². The van der Waals surface area contributed by atoms with Crippen molar-refractivity contribution < 1.29 is 32.2 Å². The Balaban J connectivity index is 1.38. The summed E-state index contributed by atoms with van der Waals surface area (Å²) in [6.07, 6.45) is 2.16. The van der Waals surface area contributed by atoms with Crippen LogP contribution in [0.3, 0.4) is 0 Å². The van der Waals surface area contributed by atoms with Crippen LogP contribution in [-0.4, -0.2) is 46.9 Å². The summed E-state index contributed by atoms with van der Waals surface area (Å²) in [4.78, 5) is 14.1. The first-order valence-corrected chi connectivity index (χ1v) is 13.4. The van der Waals surface area contributed by atoms with E-state index < -0.39 is 42.5 Å². The van der Waals surface area contributed by atoms with Crippen LogP contribution < -0.4 is 4.74 Å². The van der Waals surface area contributed by atoms with E-state index in [0.717, 1.165) is 42.6 Å². The fourth-order valence-electron chi connectivity index (χ4n) is 7.62. The molecule has 3 saturated carbocycles. The summed E-state index contributed by atoms with van der Waals surface area (Å²) < 4.78 is 61.7. The quantitative estimate of drug-likeness (QED) is 0.462. The molecule has 200 valence electrons. The number of nitrogens with zero attached hydrogens (tertiary/aromatic N) is 1. The van der Waals surface area contributed by atoms with Crippen LogP contribution in [-0.2, 0) is 0 Å². The Bertz CT molecular complexity index is 1000. The SMILES string of the molecule is CC1CC2CC(C)CC(COc3cc(F)c(C(=O)N4CC(O)(C(F)(F)F)CC4C)cc3C3CC3)(C1)C2. The summed E-state index contributed by atoms with van der Waals surface area (Å²) in [6, 6.07) is 1.87. The second-order valence-electron chi connectivity index (χ2n) is 12.6. The van der Waals surface area contributed by atoms with Gasteiger partial charge in [0.15, 0.2) is 5.60 Å². The first kappa shape index (κ1) is 25.8. The predicted octanol–water partition coefficient (Wildman–Crippen LogP) is 6.46. The second kappa shape index (κ2) is 8.88. The number of hydrogen-bond acceptors (Lipinski definition) is 3. The van der Waals surface area contributed by atoms with Crippen molar-refractivity contribution in [1.29, 1.82) is 0 Å². The van der Waals surface area contributed by atoms with Gasteiger partial charge < -0.3 is 14.7 Å². The maximum Gasteiger partial charge on any atom is 0.419 e. The van der Waals surface area contributed by atoms with E-state index in [4.69, 9.17) is 4.74 Å². The smallest absolute Gasteiger partial charge is 0.419 e. The van der Waals surface area contributed by atoms with Gasteiger partial charge in [-0.15, -0.1) is 0 Å². The van der Waals surface area contributed by atoms with Crippen LogP contribution in [0.5, 0.6) is 5.75 Å². The van der Waals surface area contributed by atoms with Gasteiger partial charge in [-0.1, -0.05) is 13.8 Å². The van der Waals surface area contributed by atoms with Gasteiger partial charge >= 0.3 is 6.18 Å². The van der Waals surface area contributed by atoms with Crippen molar-refractivity contribution in [3.63, 3.8) is 0 Å². The topological polar surface area (TPSA) is 49.8 Å². The number of aliphatic hydroxyl groups is 1. The highest BCUT2D eigenvalue weighted by molar-refractivity contribution is 5.95. The van der Waals surface area contributed by atoms with Crippen LogP contribution in [0.15, 0.2) is 12.1 Å². The highest BCUT2D eigenvalue weighted by atomic mass is 19.4. The first-order valence-electron chi connectivity index (χ1n) is 13.4. The van der Waals surface area contributed by atoms with Crippen molar-refractivity contribution >= 4 is 5.91 Å². The molecule has 8 heteroatoms. The number of fused-ring (bicyclic) bond motifs is 2. The number of carbonyl (C=O) groups excluding carboxylic acids is 1. The minimum Gasteiger partial charge on any atom is -0.493 e. The molecule has 36 heavy (non-hydrogen) atoms. The zero-order valence-electron chi connectivity index (χ0n) is 21.3. The molecule has 4 atom stereocenters. The number of amides is 1. The second-order valence-corrected chi connectivity index (χ2v) is 12.6. The number of halogens is 4. The van der Waals surface area contributed by atoms with Crippen molar-refractivity contribution in [2.24, 2.45) is 23.2 Å². The fourth-order valence-corrected chi connectivity index (χ4v) is 7.62. The molecule has 4 fully saturated rings. The lowest BCUT2D eigenvalue weighted by Gasteiger charge is -2.49. The van der Waals surface area contributed by atoms with Crippen molar-refractivity contribution in [3.05, 3.63) is 29.1 Å². The van der Waals surface area contributed by atoms with Gasteiger partial charge in [0.1, 0.15) is 11.6 Å². The van der Waals surface area contributed by atoms with Crippen LogP contribution >= 0.6 is 0 Å². The standard InChI is InChI=1S/C28H37F4NO3/c1-16-6-19-7-17(2)11-26(10-16,13-19)15-36-24-9-23(29)22(8-21(24)20-4-5-20)25(34)33-14-27(35,12-18(33)3)28(30,31)32/h8-9,16-20,35H,4-7,10-15H2,1-3H3. The lowest BCUT2D eigenvalue weighted by Crippen LogP contribution is -2.48. The van der Waals surface area contributed by atoms with E-state index >= 15 is 4.39 Å². The van der Waals surface area contributed by atoms with Gasteiger partial charge in [-0.2, -0.15) is 13.2 Å². The van der Waals surface area contributed by atoms with E-state index in [-0.39, 0.29) is 16.9 Å². The molecular formula is C28H37F4NO3. The Morgan fingerprint density at radius 1 is 1.08 bits per heavy atom. The number of carbonyl (C=O) groups is 1. The van der Waals surface area contributed by atoms with E-state index in [1.165, 1.54) is 31.9 Å². The normalized spacial score (nSPS) is 36.7. The summed E-state index contributed by atoms with van der Waals surface area (Å²) in [5.74, 6) is 0.982. The van der Waals surface area contributed by atoms with Crippen molar-refractivity contribution in [3.8, 4) is 5.75 Å². The van der Waals surface area contributed by atoms with Crippen LogP contribution in [0.1, 0.15) is 94.0 Å². The van der Waals surface area contributed by atoms with Crippen LogP contribution in [0.4, 0.5) is 17.6 Å². The minimum absolute atomic E-state index is 0.0822. The highest BCUT2D eigenvalue weighted by Gasteiger charge is 2.60. The van der Waals surface area contributed by atoms with Gasteiger partial charge in [0.05, 0.1) is 18.7 Å². The predicted molar refractivity (Wildman–Crippen MR) is 127 cm³/mol. The zero-order valence-corrected chi connectivity index (χ0v) is 21.3. The fraction of sp³-hybridized carbons (Fsp3) is 0.750. The van der Waals surface area contributed by atoms with Gasteiger partial charge in [-0.3, -0.25) is 4.79 Å². The number of benzene rings is 1. The Kier molecular flexibility index (Phi) is 6.37. The van der Waals surface area contributed by atoms with E-state index in [0.29, 0.717) is 30.1 Å². The average Bonchev–Trinajstić information content (AvgIpc) is 3.54. The molecule has 4 aliphatic rings. The Hall–Kier alpha value is -1.83. The van der Waals surface area contributed by atoms with Gasteiger partial charge in [0.2, 0.25) is 0 Å². The number of β-amino-alcohol motifs (C(OH)–C–C–N with tert-alkyl or cyclic N) is 1. The maximum atomic E-state index is 15.3. The average molecular weight is 512 g/mol. The molecule has 4 unspecified atom stereocenters. The molecule has 1 amide bonds. The summed E-state index contributed by atoms with van der Waals surface area (Å²) >= 11 is 0. The van der Waals surface area contributed by atoms with E-state index in [9.17, 15) is 23.1 Å². The van der Waals surface area contributed by atoms with E-state index in [1.54, 1.807) is 0 Å². The number of likely N-dealkylation sites (tertiary alicyclic amines) is 1. The molecule has 0 aromatic heterocycles. The lowest BCUT2D eigenvalue weighted by molar-refractivity contribution is -0.253. The number of alkyl halides is 3. The molecule has 5 rings (SSSR count). The van der Waals surface area contributed by atoms with E-state index in [2.05, 4.69) is 13.8 Å². The van der Waals surface area contributed by atoms with Crippen LogP contribution in [0, 0.1) is 29.0 Å². The summed E-state index contributed by atoms with van der Waals surface area (Å²) in [6.45, 7) is 5.67. The molecule has 1 N–H and O–H groups in total. The van der Waals surface area contributed by atoms with Gasteiger partial charge in [-0.05, 0) is 87.2 Å². The van der Waals surface area contributed by atoms with Crippen molar-refractivity contribution in [2.75, 3.05) is 13.2 Å².